The Bertz CT molecular complexity index is 2120. The number of thioether (sulfide) groups is 2. The topological polar surface area (TPSA) is 159 Å². The van der Waals surface area contributed by atoms with Gasteiger partial charge in [-0.2, -0.15) is 8.78 Å². The molecule has 1 unspecified atom stereocenters. The molecule has 0 aliphatic carbocycles. The van der Waals surface area contributed by atoms with Gasteiger partial charge in [-0.15, -0.1) is 33.3 Å². The summed E-state index contributed by atoms with van der Waals surface area (Å²) < 4.78 is 27.3. The molecule has 1 saturated heterocycles. The normalized spacial score (nSPS) is 17.2. The summed E-state index contributed by atoms with van der Waals surface area (Å²) in [6.45, 7) is -1.53. The number of carboxylic acid groups (broad SMARTS) is 1. The number of rotatable bonds is 14. The number of nitrogens with one attached hydrogen (secondary N) is 2. The predicted octanol–water partition coefficient (Wildman–Crippen LogP) is 6.18. The van der Waals surface area contributed by atoms with Crippen molar-refractivity contribution >= 4 is 74.8 Å². The number of oxime groups is 1. The Labute approximate surface area is 323 Å². The van der Waals surface area contributed by atoms with Crippen molar-refractivity contribution in [3.63, 3.8) is 0 Å². The van der Waals surface area contributed by atoms with Crippen molar-refractivity contribution in [2.45, 2.75) is 34.8 Å². The Hall–Kier alpha value is -5.17. The molecule has 2 amide bonds. The molecule has 7 rings (SSSR count). The summed E-state index contributed by atoms with van der Waals surface area (Å²) >= 11 is 5.09. The number of amides is 2. The molecule has 0 bridgehead atoms. The highest BCUT2D eigenvalue weighted by Crippen LogP contribution is 2.43. The van der Waals surface area contributed by atoms with Crippen molar-refractivity contribution < 1.29 is 33.1 Å². The molecule has 276 valence electrons. The molecule has 0 spiro atoms. The summed E-state index contributed by atoms with van der Waals surface area (Å²) in [6, 6.07) is 28.0. The number of aryl methyl sites for hydroxylation is 1. The van der Waals surface area contributed by atoms with Crippen LogP contribution < -0.4 is 10.6 Å². The summed E-state index contributed by atoms with van der Waals surface area (Å²) in [6.07, 6.45) is 0. The van der Waals surface area contributed by atoms with Crippen LogP contribution in [0.1, 0.15) is 27.4 Å². The van der Waals surface area contributed by atoms with E-state index < -0.39 is 47.1 Å². The Morgan fingerprint density at radius 2 is 1.63 bits per heavy atom. The van der Waals surface area contributed by atoms with E-state index in [4.69, 9.17) is 0 Å². The van der Waals surface area contributed by atoms with E-state index in [0.29, 0.717) is 15.0 Å². The molecule has 12 nitrogen and oxygen atoms in total. The van der Waals surface area contributed by atoms with Crippen LogP contribution in [0.25, 0.3) is 0 Å². The zero-order valence-electron chi connectivity index (χ0n) is 28.1. The van der Waals surface area contributed by atoms with E-state index in [1.807, 2.05) is 97.9 Å². The number of fused-ring (bicyclic) bond motifs is 1. The van der Waals surface area contributed by atoms with Crippen LogP contribution in [0.2, 0.25) is 0 Å². The van der Waals surface area contributed by atoms with E-state index in [0.717, 1.165) is 37.9 Å². The minimum Gasteiger partial charge on any atom is -0.477 e. The number of aromatic nitrogens is 3. The van der Waals surface area contributed by atoms with Crippen LogP contribution in [0.3, 0.4) is 0 Å². The highest BCUT2D eigenvalue weighted by atomic mass is 32.2. The van der Waals surface area contributed by atoms with Crippen molar-refractivity contribution in [3.05, 3.63) is 135 Å². The summed E-state index contributed by atoms with van der Waals surface area (Å²) in [5.74, 6) is -2.40. The molecule has 3 N–H and O–H groups in total. The molecule has 5 aromatic rings. The second kappa shape index (κ2) is 16.1. The Morgan fingerprint density at radius 3 is 2.17 bits per heavy atom. The number of hydrogen-bond donors (Lipinski definition) is 3. The van der Waals surface area contributed by atoms with Crippen LogP contribution in [0.4, 0.5) is 13.9 Å². The molecule has 0 radical (unpaired) electrons. The van der Waals surface area contributed by atoms with Gasteiger partial charge in [-0.05, 0) is 29.2 Å². The van der Waals surface area contributed by atoms with Crippen LogP contribution in [0.15, 0.2) is 117 Å². The fourth-order valence-electron chi connectivity index (χ4n) is 6.17. The average molecular weight is 806 g/mol. The number of carboxylic acids is 1. The van der Waals surface area contributed by atoms with Gasteiger partial charge in [0.1, 0.15) is 33.4 Å². The number of alkyl halides is 2. The first kappa shape index (κ1) is 37.2. The number of hydrogen-bond acceptors (Lipinski definition) is 13. The van der Waals surface area contributed by atoms with Crippen molar-refractivity contribution in [1.82, 2.24) is 25.4 Å². The fraction of sp³-hybridized carbons (Fsp3) is 0.194. The lowest BCUT2D eigenvalue weighted by Gasteiger charge is -2.49. The standard InChI is InChI=1S/C36H29F2N7O5S4/c1-20-42-43-35(54-20)53-18-21-17-51-31-27(30(47)45(31)28(21)32(48)49)40-29(46)26(44-50-33(37)38)25-19-52-34(39-25)41-36(22-11-5-2-6-12-22,23-13-7-3-8-14-23)24-15-9-4-10-16-24/h2-16,19,27,31,33H,17-18H2,1H3,(H,39,41)(H,40,46)(H,48,49)/t27?,31-/m1/s1. The third kappa shape index (κ3) is 7.46. The quantitative estimate of drug-likeness (QED) is 0.0387. The number of aliphatic carboxylic acids is 1. The fourth-order valence-corrected chi connectivity index (χ4v) is 10.2. The minimum atomic E-state index is -3.34. The highest BCUT2D eigenvalue weighted by molar-refractivity contribution is 8.01. The van der Waals surface area contributed by atoms with Crippen molar-refractivity contribution in [2.75, 3.05) is 16.8 Å². The van der Waals surface area contributed by atoms with Crippen LogP contribution in [0.5, 0.6) is 0 Å². The molecule has 2 atom stereocenters. The van der Waals surface area contributed by atoms with Gasteiger partial charge in [-0.1, -0.05) is 119 Å². The maximum Gasteiger partial charge on any atom is 0.407 e. The third-order valence-electron chi connectivity index (χ3n) is 8.51. The maximum atomic E-state index is 13.7. The van der Waals surface area contributed by atoms with Gasteiger partial charge in [0.25, 0.3) is 11.8 Å². The number of halogens is 2. The second-order valence-corrected chi connectivity index (χ2v) is 16.2. The van der Waals surface area contributed by atoms with Gasteiger partial charge >= 0.3 is 12.6 Å². The van der Waals surface area contributed by atoms with Crippen molar-refractivity contribution in [3.8, 4) is 0 Å². The van der Waals surface area contributed by atoms with Gasteiger partial charge in [-0.3, -0.25) is 14.5 Å². The molecule has 2 aliphatic heterocycles. The van der Waals surface area contributed by atoms with E-state index in [1.165, 1.54) is 40.2 Å². The van der Waals surface area contributed by atoms with Crippen LogP contribution in [0, 0.1) is 6.92 Å². The molecule has 18 heteroatoms. The minimum absolute atomic E-state index is 0.0824. The second-order valence-electron chi connectivity index (χ2n) is 11.8. The number of carbonyl (C=O) groups is 3. The van der Waals surface area contributed by atoms with Gasteiger partial charge < -0.3 is 20.6 Å². The number of anilines is 1. The van der Waals surface area contributed by atoms with Crippen LogP contribution in [-0.2, 0) is 24.8 Å². The largest absolute Gasteiger partial charge is 0.477 e. The molecule has 54 heavy (non-hydrogen) atoms. The monoisotopic (exact) mass is 805 g/mol. The van der Waals surface area contributed by atoms with Crippen LogP contribution in [-0.4, -0.2) is 78.2 Å². The average Bonchev–Trinajstić information content (AvgIpc) is 3.83. The van der Waals surface area contributed by atoms with E-state index in [9.17, 15) is 28.3 Å². The first-order valence-corrected chi connectivity index (χ1v) is 19.9. The Morgan fingerprint density at radius 1 is 1.02 bits per heavy atom. The SMILES string of the molecule is Cc1nnc(SCC2=C(C(=O)O)N3C(=O)C(NC(=O)C(=NOC(F)F)c4csc(NC(c5ccccc5)(c5ccccc5)c5ccccc5)n4)[C@H]3SC2)s1. The summed E-state index contributed by atoms with van der Waals surface area (Å²) in [7, 11) is 0. The first-order valence-electron chi connectivity index (χ1n) is 16.2. The number of carbonyl (C=O) groups excluding carboxylic acids is 2. The highest BCUT2D eigenvalue weighted by Gasteiger charge is 2.54. The number of thiazole rings is 1. The molecule has 2 aromatic heterocycles. The molecule has 1 fully saturated rings. The third-order valence-corrected chi connectivity index (χ3v) is 12.7. The lowest BCUT2D eigenvalue weighted by atomic mass is 9.77. The Kier molecular flexibility index (Phi) is 11.0. The van der Waals surface area contributed by atoms with Crippen molar-refractivity contribution in [2.24, 2.45) is 5.16 Å². The van der Waals surface area contributed by atoms with Gasteiger partial charge in [0.2, 0.25) is 0 Å². The molecular formula is C36H29F2N7O5S4. The van der Waals surface area contributed by atoms with E-state index in [1.54, 1.807) is 0 Å². The number of nitrogens with zero attached hydrogens (tertiary/aromatic N) is 5. The van der Waals surface area contributed by atoms with E-state index >= 15 is 0 Å². The molecule has 3 aromatic carbocycles. The van der Waals surface area contributed by atoms with Gasteiger partial charge in [0, 0.05) is 16.9 Å². The number of β-lactam (4-membered cyclic amide) rings is 1. The predicted molar refractivity (Wildman–Crippen MR) is 204 cm³/mol. The molecule has 2 aliphatic rings. The maximum absolute atomic E-state index is 13.7. The van der Waals surface area contributed by atoms with E-state index in [-0.39, 0.29) is 22.9 Å². The molecular weight excluding hydrogens is 777 g/mol. The summed E-state index contributed by atoms with van der Waals surface area (Å²) in [4.78, 5) is 49.5. The van der Waals surface area contributed by atoms with Gasteiger partial charge in [-0.25, -0.2) is 9.78 Å². The lowest BCUT2D eigenvalue weighted by Crippen LogP contribution is -2.71. The van der Waals surface area contributed by atoms with Gasteiger partial charge in [0.05, 0.1) is 0 Å². The lowest BCUT2D eigenvalue weighted by molar-refractivity contribution is -0.150. The summed E-state index contributed by atoms with van der Waals surface area (Å²) in [5, 5.41) is 29.5. The molecule has 0 saturated carbocycles. The molecule has 4 heterocycles. The number of benzene rings is 3. The summed E-state index contributed by atoms with van der Waals surface area (Å²) in [5.41, 5.74) is 1.38. The van der Waals surface area contributed by atoms with Crippen LogP contribution >= 0.6 is 46.2 Å². The van der Waals surface area contributed by atoms with E-state index in [2.05, 4.69) is 35.8 Å². The van der Waals surface area contributed by atoms with Gasteiger partial charge in [0.15, 0.2) is 15.2 Å². The van der Waals surface area contributed by atoms with Crippen molar-refractivity contribution in [1.29, 1.82) is 0 Å². The zero-order valence-corrected chi connectivity index (χ0v) is 31.4. The smallest absolute Gasteiger partial charge is 0.407 e. The Balaban J connectivity index is 1.15. The zero-order chi connectivity index (χ0) is 37.8. The first-order chi connectivity index (χ1) is 26.2.